The molecule has 0 saturated heterocycles. The van der Waals surface area contributed by atoms with Crippen LogP contribution in [0.2, 0.25) is 0 Å². The highest BCUT2D eigenvalue weighted by molar-refractivity contribution is 5.97. The van der Waals surface area contributed by atoms with Gasteiger partial charge in [-0.05, 0) is 93.0 Å². The molecule has 9 rings (SSSR count). The third-order valence-corrected chi connectivity index (χ3v) is 11.6. The van der Waals surface area contributed by atoms with Crippen LogP contribution < -0.4 is 37.9 Å². The first-order chi connectivity index (χ1) is 36.4. The molecule has 9 aromatic rings. The van der Waals surface area contributed by atoms with E-state index in [9.17, 15) is 9.90 Å². The van der Waals surface area contributed by atoms with E-state index in [1.165, 1.54) is 0 Å². The summed E-state index contributed by atoms with van der Waals surface area (Å²) in [4.78, 5) is 13.0. The summed E-state index contributed by atoms with van der Waals surface area (Å²) in [6, 6.07) is 71.2. The van der Waals surface area contributed by atoms with E-state index in [-0.39, 0.29) is 38.8 Å². The van der Waals surface area contributed by atoms with Gasteiger partial charge in [-0.2, -0.15) is 0 Å². The summed E-state index contributed by atoms with van der Waals surface area (Å²) in [5.74, 6) is 4.36. The lowest BCUT2D eigenvalue weighted by Crippen LogP contribution is -2.11. The van der Waals surface area contributed by atoms with E-state index < -0.39 is 0 Å². The van der Waals surface area contributed by atoms with Crippen LogP contribution in [0.1, 0.15) is 54.9 Å². The van der Waals surface area contributed by atoms with Crippen molar-refractivity contribution in [2.24, 2.45) is 0 Å². The van der Waals surface area contributed by atoms with E-state index in [4.69, 9.17) is 37.9 Å². The van der Waals surface area contributed by atoms with Gasteiger partial charge in [0.2, 0.25) is 0 Å². The topological polar surface area (TPSA) is 111 Å². The van der Waals surface area contributed by atoms with Crippen molar-refractivity contribution < 1.29 is 47.8 Å². The van der Waals surface area contributed by atoms with Crippen molar-refractivity contribution in [3.63, 3.8) is 0 Å². The van der Waals surface area contributed by atoms with Crippen LogP contribution in [-0.4, -0.2) is 17.5 Å². The SMILES string of the molecule is O=C(COc1cc(COc2cc(COc3cc(COc4cc(CO)cc(OCc5ccccc5)c4)cc(OCc4ccccc4)c3)cc(OCc3ccccc3)c2)cc(OCc2ccccc2)c1)c1ccccc1. The van der Waals surface area contributed by atoms with Gasteiger partial charge < -0.3 is 43.0 Å². The number of benzene rings is 9. The summed E-state index contributed by atoms with van der Waals surface area (Å²) in [6.07, 6.45) is 0. The van der Waals surface area contributed by atoms with Crippen molar-refractivity contribution in [1.29, 1.82) is 0 Å². The fourth-order valence-corrected chi connectivity index (χ4v) is 7.85. The Hall–Kier alpha value is -8.99. The maximum Gasteiger partial charge on any atom is 0.200 e. The molecule has 0 unspecified atom stereocenters. The number of ether oxygens (including phenoxy) is 8. The molecule has 0 amide bonds. The van der Waals surface area contributed by atoms with Crippen molar-refractivity contribution in [2.45, 2.75) is 52.9 Å². The van der Waals surface area contributed by atoms with E-state index in [0.717, 1.165) is 38.9 Å². The Morgan fingerprint density at radius 1 is 0.270 bits per heavy atom. The molecule has 0 bridgehead atoms. The van der Waals surface area contributed by atoms with E-state index in [1.807, 2.05) is 200 Å². The summed E-state index contributed by atoms with van der Waals surface area (Å²) in [6.45, 7) is 1.61. The zero-order valence-electron chi connectivity index (χ0n) is 40.8. The zero-order chi connectivity index (χ0) is 50.6. The van der Waals surface area contributed by atoms with Crippen molar-refractivity contribution in [2.75, 3.05) is 6.61 Å². The number of hydrogen-bond acceptors (Lipinski definition) is 10. The Labute approximate surface area is 431 Å². The number of carbonyl (C=O) groups is 1. The predicted octanol–water partition coefficient (Wildman–Crippen LogP) is 13.5. The van der Waals surface area contributed by atoms with Crippen molar-refractivity contribution in [3.05, 3.63) is 275 Å². The highest BCUT2D eigenvalue weighted by Gasteiger charge is 2.13. The molecule has 9 aromatic carbocycles. The molecule has 0 aromatic heterocycles. The van der Waals surface area contributed by atoms with Crippen LogP contribution in [-0.2, 0) is 52.9 Å². The van der Waals surface area contributed by atoms with Crippen LogP contribution in [0.15, 0.2) is 224 Å². The summed E-state index contributed by atoms with van der Waals surface area (Å²) >= 11 is 0. The molecule has 10 heteroatoms. The van der Waals surface area contributed by atoms with Gasteiger partial charge in [0.05, 0.1) is 6.61 Å². The lowest BCUT2D eigenvalue weighted by Gasteiger charge is -2.16. The fraction of sp³-hybridized carbons (Fsp3) is 0.141. The second-order valence-electron chi connectivity index (χ2n) is 17.4. The summed E-state index contributed by atoms with van der Waals surface area (Å²) in [7, 11) is 0. The maximum atomic E-state index is 13.0. The third kappa shape index (κ3) is 15.5. The number of carbonyl (C=O) groups excluding carboxylic acids is 1. The number of Topliss-reactive ketones (excluding diaryl/α,β-unsaturated/α-hetero) is 1. The van der Waals surface area contributed by atoms with Gasteiger partial charge in [0, 0.05) is 29.8 Å². The largest absolute Gasteiger partial charge is 0.489 e. The summed E-state index contributed by atoms with van der Waals surface area (Å²) in [5, 5.41) is 10.1. The molecule has 0 aliphatic rings. The van der Waals surface area contributed by atoms with Crippen LogP contribution in [0.3, 0.4) is 0 Å². The lowest BCUT2D eigenvalue weighted by molar-refractivity contribution is 0.0921. The minimum absolute atomic E-state index is 0.138. The van der Waals surface area contributed by atoms with Gasteiger partial charge in [-0.25, -0.2) is 0 Å². The van der Waals surface area contributed by atoms with Gasteiger partial charge in [-0.15, -0.1) is 0 Å². The maximum absolute atomic E-state index is 13.0. The standard InChI is InChI=1S/C64H56O10/c65-38-51-26-56(67-39-47-16-6-1-7-17-47)34-57(27-51)71-43-52-28-58(68-40-48-18-8-2-9-19-48)35-61(31-52)72-44-53-29-59(69-41-49-20-10-3-11-21-49)36-62(32-53)73-45-54-30-60(70-42-50-22-12-4-13-23-50)37-63(33-54)74-46-64(66)55-24-14-5-15-25-55/h1-37,65H,38-46H2. The number of ketones is 1. The molecule has 0 atom stereocenters. The lowest BCUT2D eigenvalue weighted by atomic mass is 10.1. The van der Waals surface area contributed by atoms with Crippen molar-refractivity contribution in [1.82, 2.24) is 0 Å². The second-order valence-corrected chi connectivity index (χ2v) is 17.4. The van der Waals surface area contributed by atoms with E-state index in [0.29, 0.717) is 83.6 Å². The molecule has 0 saturated carbocycles. The van der Waals surface area contributed by atoms with Gasteiger partial charge in [-0.3, -0.25) is 4.79 Å². The van der Waals surface area contributed by atoms with Gasteiger partial charge in [0.15, 0.2) is 12.4 Å². The summed E-state index contributed by atoms with van der Waals surface area (Å²) in [5.41, 5.74) is 7.69. The smallest absolute Gasteiger partial charge is 0.200 e. The van der Waals surface area contributed by atoms with Crippen molar-refractivity contribution in [3.8, 4) is 46.0 Å². The Balaban J connectivity index is 0.936. The Kier molecular flexibility index (Phi) is 17.5. The molecule has 0 aliphatic carbocycles. The Morgan fingerprint density at radius 2 is 0.500 bits per heavy atom. The second kappa shape index (κ2) is 25.9. The molecule has 0 fully saturated rings. The first-order valence-corrected chi connectivity index (χ1v) is 24.4. The normalized spacial score (nSPS) is 10.8. The van der Waals surface area contributed by atoms with Crippen LogP contribution in [0.25, 0.3) is 0 Å². The highest BCUT2D eigenvalue weighted by Crippen LogP contribution is 2.32. The van der Waals surface area contributed by atoms with Crippen LogP contribution in [0.4, 0.5) is 0 Å². The molecule has 10 nitrogen and oxygen atoms in total. The highest BCUT2D eigenvalue weighted by atomic mass is 16.5. The monoisotopic (exact) mass is 984 g/mol. The molecular weight excluding hydrogens is 929 g/mol. The first-order valence-electron chi connectivity index (χ1n) is 24.4. The predicted molar refractivity (Wildman–Crippen MR) is 284 cm³/mol. The molecular formula is C64H56O10. The number of hydrogen-bond donors (Lipinski definition) is 1. The first kappa shape index (κ1) is 50.0. The molecule has 0 aliphatic heterocycles. The third-order valence-electron chi connectivity index (χ3n) is 11.6. The molecule has 74 heavy (non-hydrogen) atoms. The van der Waals surface area contributed by atoms with Crippen LogP contribution >= 0.6 is 0 Å². The van der Waals surface area contributed by atoms with Gasteiger partial charge in [0.25, 0.3) is 0 Å². The minimum Gasteiger partial charge on any atom is -0.489 e. The number of rotatable bonds is 26. The average molecular weight is 985 g/mol. The van der Waals surface area contributed by atoms with E-state index >= 15 is 0 Å². The number of aliphatic hydroxyl groups excluding tert-OH is 1. The molecule has 372 valence electrons. The molecule has 0 spiro atoms. The molecule has 0 heterocycles. The number of aliphatic hydroxyl groups is 1. The Morgan fingerprint density at radius 3 is 0.770 bits per heavy atom. The van der Waals surface area contributed by atoms with Crippen LogP contribution in [0, 0.1) is 0 Å². The summed E-state index contributed by atoms with van der Waals surface area (Å²) < 4.78 is 50.5. The van der Waals surface area contributed by atoms with Crippen LogP contribution in [0.5, 0.6) is 46.0 Å². The van der Waals surface area contributed by atoms with Crippen molar-refractivity contribution >= 4 is 5.78 Å². The van der Waals surface area contributed by atoms with E-state index in [1.54, 1.807) is 24.3 Å². The fourth-order valence-electron chi connectivity index (χ4n) is 7.85. The zero-order valence-corrected chi connectivity index (χ0v) is 40.8. The average Bonchev–Trinajstić information content (AvgIpc) is 3.46. The Bertz CT molecular complexity index is 3170. The van der Waals surface area contributed by atoms with Gasteiger partial charge in [-0.1, -0.05) is 152 Å². The minimum atomic E-state index is -0.170. The van der Waals surface area contributed by atoms with Gasteiger partial charge in [0.1, 0.15) is 92.2 Å². The molecule has 0 radical (unpaired) electrons. The van der Waals surface area contributed by atoms with E-state index in [2.05, 4.69) is 0 Å². The van der Waals surface area contributed by atoms with Gasteiger partial charge >= 0.3 is 0 Å². The molecule has 1 N–H and O–H groups in total. The quantitative estimate of drug-likeness (QED) is 0.0527.